The van der Waals surface area contributed by atoms with Crippen molar-refractivity contribution in [3.8, 4) is 11.1 Å². The molecule has 2 saturated heterocycles. The van der Waals surface area contributed by atoms with E-state index in [1.807, 2.05) is 36.4 Å². The first-order valence-corrected chi connectivity index (χ1v) is 10.00. The third-order valence-electron chi connectivity index (χ3n) is 5.93. The standard InChI is InChI=1S/C22H22ClN3O/c23-15-6-9-19-18(12-15)20(14-4-2-1-3-5-14)21(25-19)22(27)26-16-7-8-17(26)13-24-11-10-16/h1-6,9,12,16-17,24-25H,7-8,10-11,13H2/t16-,17+/m0/s1. The maximum Gasteiger partial charge on any atom is 0.271 e. The Morgan fingerprint density at radius 1 is 1.04 bits per heavy atom. The predicted molar refractivity (Wildman–Crippen MR) is 109 cm³/mol. The molecule has 5 rings (SSSR count). The summed E-state index contributed by atoms with van der Waals surface area (Å²) in [7, 11) is 0. The Labute approximate surface area is 163 Å². The van der Waals surface area contributed by atoms with Crippen molar-refractivity contribution in [1.29, 1.82) is 0 Å². The molecule has 2 N–H and O–H groups in total. The number of carbonyl (C=O) groups excluding carboxylic acids is 1. The lowest BCUT2D eigenvalue weighted by molar-refractivity contribution is 0.0676. The molecule has 2 atom stereocenters. The van der Waals surface area contributed by atoms with Crippen LogP contribution in [-0.4, -0.2) is 41.0 Å². The zero-order valence-corrected chi connectivity index (χ0v) is 15.8. The molecule has 0 unspecified atom stereocenters. The Bertz CT molecular complexity index is 983. The summed E-state index contributed by atoms with van der Waals surface area (Å²) in [5, 5.41) is 5.15. The van der Waals surface area contributed by atoms with Gasteiger partial charge in [-0.15, -0.1) is 0 Å². The number of aromatic amines is 1. The van der Waals surface area contributed by atoms with E-state index in [-0.39, 0.29) is 11.9 Å². The summed E-state index contributed by atoms with van der Waals surface area (Å²) in [5.41, 5.74) is 3.61. The number of nitrogens with one attached hydrogen (secondary N) is 2. The van der Waals surface area contributed by atoms with Gasteiger partial charge in [-0.2, -0.15) is 0 Å². The van der Waals surface area contributed by atoms with E-state index < -0.39 is 0 Å². The number of halogens is 1. The number of hydrogen-bond acceptors (Lipinski definition) is 2. The van der Waals surface area contributed by atoms with Crippen LogP contribution in [0.1, 0.15) is 29.8 Å². The molecule has 3 heterocycles. The van der Waals surface area contributed by atoms with Crippen molar-refractivity contribution in [1.82, 2.24) is 15.2 Å². The first kappa shape index (κ1) is 16.8. The molecule has 2 bridgehead atoms. The second-order valence-corrected chi connectivity index (χ2v) is 7.96. The lowest BCUT2D eigenvalue weighted by atomic mass is 10.0. The maximum atomic E-state index is 13.7. The zero-order valence-electron chi connectivity index (χ0n) is 15.0. The van der Waals surface area contributed by atoms with Gasteiger partial charge in [-0.3, -0.25) is 4.79 Å². The average Bonchev–Trinajstić information content (AvgIpc) is 3.17. The van der Waals surface area contributed by atoms with E-state index in [0.717, 1.165) is 54.4 Å². The Morgan fingerprint density at radius 3 is 2.70 bits per heavy atom. The van der Waals surface area contributed by atoms with Gasteiger partial charge in [0.05, 0.1) is 0 Å². The van der Waals surface area contributed by atoms with E-state index in [1.165, 1.54) is 0 Å². The first-order valence-electron chi connectivity index (χ1n) is 9.62. The highest BCUT2D eigenvalue weighted by molar-refractivity contribution is 6.31. The minimum Gasteiger partial charge on any atom is -0.350 e. The van der Waals surface area contributed by atoms with Gasteiger partial charge in [-0.25, -0.2) is 0 Å². The van der Waals surface area contributed by atoms with E-state index in [9.17, 15) is 4.79 Å². The van der Waals surface area contributed by atoms with Crippen LogP contribution in [0.15, 0.2) is 48.5 Å². The summed E-state index contributed by atoms with van der Waals surface area (Å²) >= 11 is 6.28. The fraction of sp³-hybridized carbons (Fsp3) is 0.318. The predicted octanol–water partition coefficient (Wildman–Crippen LogP) is 4.45. The van der Waals surface area contributed by atoms with Gasteiger partial charge in [0.1, 0.15) is 5.69 Å². The van der Waals surface area contributed by atoms with Crippen LogP contribution in [-0.2, 0) is 0 Å². The Hall–Kier alpha value is -2.30. The molecular weight excluding hydrogens is 358 g/mol. The van der Waals surface area contributed by atoms with Crippen molar-refractivity contribution >= 4 is 28.4 Å². The highest BCUT2D eigenvalue weighted by Gasteiger charge is 2.39. The van der Waals surface area contributed by atoms with Gasteiger partial charge in [0.15, 0.2) is 0 Å². The summed E-state index contributed by atoms with van der Waals surface area (Å²) in [6.07, 6.45) is 3.20. The molecule has 3 aromatic rings. The zero-order chi connectivity index (χ0) is 18.4. The number of rotatable bonds is 2. The van der Waals surface area contributed by atoms with Crippen LogP contribution < -0.4 is 5.32 Å². The minimum atomic E-state index is 0.109. The van der Waals surface area contributed by atoms with Crippen LogP contribution in [0, 0.1) is 0 Å². The molecule has 138 valence electrons. The van der Waals surface area contributed by atoms with Crippen molar-refractivity contribution < 1.29 is 4.79 Å². The van der Waals surface area contributed by atoms with Crippen molar-refractivity contribution in [2.45, 2.75) is 31.3 Å². The van der Waals surface area contributed by atoms with Gasteiger partial charge in [0.25, 0.3) is 5.91 Å². The molecule has 2 aliphatic heterocycles. The summed E-state index contributed by atoms with van der Waals surface area (Å²) in [4.78, 5) is 19.2. The number of hydrogen-bond donors (Lipinski definition) is 2. The van der Waals surface area contributed by atoms with Gasteiger partial charge in [-0.05, 0) is 49.6 Å². The van der Waals surface area contributed by atoms with Gasteiger partial charge < -0.3 is 15.2 Å². The van der Waals surface area contributed by atoms with E-state index in [1.54, 1.807) is 0 Å². The fourth-order valence-corrected chi connectivity index (χ4v) is 4.84. The normalized spacial score (nSPS) is 22.2. The molecule has 0 radical (unpaired) electrons. The molecule has 1 aromatic heterocycles. The van der Waals surface area contributed by atoms with Crippen molar-refractivity contribution in [2.75, 3.05) is 13.1 Å². The van der Waals surface area contributed by atoms with E-state index in [2.05, 4.69) is 27.3 Å². The van der Waals surface area contributed by atoms with Crippen LogP contribution >= 0.6 is 11.6 Å². The number of H-pyrrole nitrogens is 1. The topological polar surface area (TPSA) is 48.1 Å². The van der Waals surface area contributed by atoms with Crippen LogP contribution in [0.4, 0.5) is 0 Å². The Morgan fingerprint density at radius 2 is 1.85 bits per heavy atom. The van der Waals surface area contributed by atoms with Crippen LogP contribution in [0.5, 0.6) is 0 Å². The smallest absolute Gasteiger partial charge is 0.271 e. The first-order chi connectivity index (χ1) is 13.2. The fourth-order valence-electron chi connectivity index (χ4n) is 4.67. The molecule has 2 aliphatic rings. The lowest BCUT2D eigenvalue weighted by Crippen LogP contribution is -2.42. The number of aromatic nitrogens is 1. The summed E-state index contributed by atoms with van der Waals surface area (Å²) < 4.78 is 0. The maximum absolute atomic E-state index is 13.7. The molecular formula is C22H22ClN3O. The van der Waals surface area contributed by atoms with Crippen molar-refractivity contribution in [2.24, 2.45) is 0 Å². The van der Waals surface area contributed by atoms with Crippen LogP contribution in [0.25, 0.3) is 22.0 Å². The second-order valence-electron chi connectivity index (χ2n) is 7.52. The molecule has 2 aromatic carbocycles. The van der Waals surface area contributed by atoms with E-state index in [4.69, 9.17) is 11.6 Å². The monoisotopic (exact) mass is 379 g/mol. The van der Waals surface area contributed by atoms with Gasteiger partial charge in [0, 0.05) is 40.1 Å². The van der Waals surface area contributed by atoms with Crippen LogP contribution in [0.3, 0.4) is 0 Å². The number of amides is 1. The molecule has 27 heavy (non-hydrogen) atoms. The van der Waals surface area contributed by atoms with Gasteiger partial charge in [-0.1, -0.05) is 41.9 Å². The number of fused-ring (bicyclic) bond motifs is 3. The average molecular weight is 380 g/mol. The third kappa shape index (κ3) is 2.84. The van der Waals surface area contributed by atoms with Crippen LogP contribution in [0.2, 0.25) is 5.02 Å². The minimum absolute atomic E-state index is 0.109. The van der Waals surface area contributed by atoms with E-state index in [0.29, 0.717) is 16.8 Å². The summed E-state index contributed by atoms with van der Waals surface area (Å²) in [5.74, 6) is 0.109. The summed E-state index contributed by atoms with van der Waals surface area (Å²) in [6, 6.07) is 16.5. The quantitative estimate of drug-likeness (QED) is 0.690. The molecule has 0 spiro atoms. The number of nitrogens with zero attached hydrogens (tertiary/aromatic N) is 1. The highest BCUT2D eigenvalue weighted by atomic mass is 35.5. The lowest BCUT2D eigenvalue weighted by Gasteiger charge is -2.28. The highest BCUT2D eigenvalue weighted by Crippen LogP contribution is 2.37. The van der Waals surface area contributed by atoms with Gasteiger partial charge >= 0.3 is 0 Å². The Balaban J connectivity index is 1.68. The molecule has 4 nitrogen and oxygen atoms in total. The molecule has 1 amide bonds. The van der Waals surface area contributed by atoms with Gasteiger partial charge in [0.2, 0.25) is 0 Å². The van der Waals surface area contributed by atoms with Crippen molar-refractivity contribution in [3.63, 3.8) is 0 Å². The molecule has 5 heteroatoms. The summed E-state index contributed by atoms with van der Waals surface area (Å²) in [6.45, 7) is 1.87. The van der Waals surface area contributed by atoms with Crippen molar-refractivity contribution in [3.05, 3.63) is 59.2 Å². The Kier molecular flexibility index (Phi) is 4.18. The molecule has 0 aliphatic carbocycles. The molecule has 0 saturated carbocycles. The second kappa shape index (κ2) is 6.70. The molecule has 2 fully saturated rings. The third-order valence-corrected chi connectivity index (χ3v) is 6.16. The van der Waals surface area contributed by atoms with E-state index >= 15 is 0 Å². The number of carbonyl (C=O) groups is 1. The SMILES string of the molecule is O=C(c1[nH]c2ccc(Cl)cc2c1-c1ccccc1)N1[C@@H]2CCNC[C@H]1CC2. The largest absolute Gasteiger partial charge is 0.350 e. The number of benzene rings is 2.